The highest BCUT2D eigenvalue weighted by molar-refractivity contribution is 6.35. The average molecular weight is 492 g/mol. The lowest BCUT2D eigenvalue weighted by Crippen LogP contribution is -2.11. The summed E-state index contributed by atoms with van der Waals surface area (Å²) in [5, 5.41) is 10.1. The summed E-state index contributed by atoms with van der Waals surface area (Å²) in [6.07, 6.45) is 1.90. The molecule has 0 amide bonds. The van der Waals surface area contributed by atoms with E-state index >= 15 is 0 Å². The second-order valence-electron chi connectivity index (χ2n) is 6.53. The molecule has 0 unspecified atom stereocenters. The molecule has 0 aromatic heterocycles. The van der Waals surface area contributed by atoms with E-state index in [-0.39, 0.29) is 31.0 Å². The maximum atomic E-state index is 12.3. The molecule has 0 spiro atoms. The van der Waals surface area contributed by atoms with Crippen molar-refractivity contribution in [3.8, 4) is 23.3 Å². The zero-order chi connectivity index (χ0) is 24.2. The lowest BCUT2D eigenvalue weighted by molar-refractivity contribution is -0.138. The fourth-order valence-corrected chi connectivity index (χ4v) is 3.11. The van der Waals surface area contributed by atoms with Gasteiger partial charge in [-0.3, -0.25) is 4.79 Å². The van der Waals surface area contributed by atoms with Crippen LogP contribution in [0.25, 0.3) is 6.08 Å². The molecule has 0 aliphatic carbocycles. The number of carbonyl (C=O) groups is 2. The maximum absolute atomic E-state index is 12.3. The molecule has 9 heteroatoms. The van der Waals surface area contributed by atoms with Crippen molar-refractivity contribution in [2.75, 3.05) is 19.8 Å². The van der Waals surface area contributed by atoms with Gasteiger partial charge in [-0.25, -0.2) is 4.79 Å². The Hall–Kier alpha value is -3.21. The second-order valence-corrected chi connectivity index (χ2v) is 7.37. The molecule has 0 fully saturated rings. The molecule has 0 aliphatic heterocycles. The third-order valence-electron chi connectivity index (χ3n) is 4.09. The van der Waals surface area contributed by atoms with Gasteiger partial charge >= 0.3 is 11.9 Å². The Morgan fingerprint density at radius 1 is 1.00 bits per heavy atom. The number of nitrogens with zero attached hydrogens (tertiary/aromatic N) is 1. The number of benzene rings is 2. The summed E-state index contributed by atoms with van der Waals surface area (Å²) >= 11 is 11.9. The van der Waals surface area contributed by atoms with E-state index in [9.17, 15) is 14.9 Å². The van der Waals surface area contributed by atoms with Crippen LogP contribution in [0.1, 0.15) is 32.3 Å². The van der Waals surface area contributed by atoms with Crippen LogP contribution in [0.3, 0.4) is 0 Å². The van der Waals surface area contributed by atoms with Gasteiger partial charge < -0.3 is 18.9 Å². The molecular formula is C24H23Cl2NO6. The summed E-state index contributed by atoms with van der Waals surface area (Å²) in [4.78, 5) is 24.1. The van der Waals surface area contributed by atoms with Crippen molar-refractivity contribution in [3.05, 3.63) is 57.6 Å². The molecule has 0 atom stereocenters. The van der Waals surface area contributed by atoms with Crippen molar-refractivity contribution in [2.45, 2.75) is 26.7 Å². The van der Waals surface area contributed by atoms with E-state index in [1.54, 1.807) is 50.2 Å². The van der Waals surface area contributed by atoms with Gasteiger partial charge in [-0.2, -0.15) is 5.26 Å². The summed E-state index contributed by atoms with van der Waals surface area (Å²) in [6, 6.07) is 11.4. The van der Waals surface area contributed by atoms with E-state index in [0.717, 1.165) is 0 Å². The van der Waals surface area contributed by atoms with E-state index in [2.05, 4.69) is 0 Å². The molecule has 2 rings (SSSR count). The van der Waals surface area contributed by atoms with E-state index < -0.39 is 11.9 Å². The van der Waals surface area contributed by atoms with Crippen molar-refractivity contribution in [1.29, 1.82) is 5.26 Å². The van der Waals surface area contributed by atoms with E-state index in [4.69, 9.17) is 42.1 Å². The van der Waals surface area contributed by atoms with Gasteiger partial charge in [0.15, 0.2) is 11.5 Å². The van der Waals surface area contributed by atoms with Gasteiger partial charge in [0.05, 0.1) is 24.8 Å². The minimum atomic E-state index is -0.712. The van der Waals surface area contributed by atoms with Crippen LogP contribution in [-0.4, -0.2) is 31.8 Å². The predicted molar refractivity (Wildman–Crippen MR) is 125 cm³/mol. The number of ether oxygens (including phenoxy) is 4. The summed E-state index contributed by atoms with van der Waals surface area (Å²) < 4.78 is 21.4. The van der Waals surface area contributed by atoms with Crippen LogP contribution in [-0.2, 0) is 14.3 Å². The van der Waals surface area contributed by atoms with Crippen LogP contribution in [0, 0.1) is 11.3 Å². The lowest BCUT2D eigenvalue weighted by Gasteiger charge is -2.12. The van der Waals surface area contributed by atoms with Gasteiger partial charge in [0.2, 0.25) is 0 Å². The Balaban J connectivity index is 1.99. The highest BCUT2D eigenvalue weighted by Gasteiger charge is 2.14. The summed E-state index contributed by atoms with van der Waals surface area (Å²) in [5.74, 6) is -0.152. The summed E-state index contributed by atoms with van der Waals surface area (Å²) in [7, 11) is 0. The third-order valence-corrected chi connectivity index (χ3v) is 4.63. The Labute approximate surface area is 202 Å². The smallest absolute Gasteiger partial charge is 0.348 e. The highest BCUT2D eigenvalue weighted by atomic mass is 35.5. The number of esters is 2. The average Bonchev–Trinajstić information content (AvgIpc) is 2.78. The minimum Gasteiger partial charge on any atom is -0.492 e. The summed E-state index contributed by atoms with van der Waals surface area (Å²) in [5.41, 5.74) is 0.376. The molecule has 174 valence electrons. The van der Waals surface area contributed by atoms with Gasteiger partial charge in [0.25, 0.3) is 0 Å². The largest absolute Gasteiger partial charge is 0.492 e. The van der Waals surface area contributed by atoms with Crippen molar-refractivity contribution >= 4 is 41.2 Å². The molecule has 7 nitrogen and oxygen atoms in total. The Morgan fingerprint density at radius 2 is 1.76 bits per heavy atom. The molecule has 0 heterocycles. The fourth-order valence-electron chi connectivity index (χ4n) is 2.64. The molecule has 2 aromatic rings. The van der Waals surface area contributed by atoms with Crippen LogP contribution in [0.2, 0.25) is 10.0 Å². The Morgan fingerprint density at radius 3 is 2.42 bits per heavy atom. The predicted octanol–water partition coefficient (Wildman–Crippen LogP) is 5.63. The van der Waals surface area contributed by atoms with Crippen molar-refractivity contribution in [2.24, 2.45) is 0 Å². The first kappa shape index (κ1) is 26.0. The second kappa shape index (κ2) is 13.4. The van der Waals surface area contributed by atoms with Gasteiger partial charge in [0.1, 0.15) is 17.4 Å². The van der Waals surface area contributed by atoms with Crippen LogP contribution in [0.15, 0.2) is 42.0 Å². The zero-order valence-corrected chi connectivity index (χ0v) is 19.7. The number of hydrogen-bond donors (Lipinski definition) is 0. The van der Waals surface area contributed by atoms with Crippen LogP contribution in [0.5, 0.6) is 17.2 Å². The van der Waals surface area contributed by atoms with Gasteiger partial charge in [0, 0.05) is 11.4 Å². The van der Waals surface area contributed by atoms with Crippen LogP contribution in [0.4, 0.5) is 0 Å². The Bertz CT molecular complexity index is 1060. The first-order chi connectivity index (χ1) is 15.9. The van der Waals surface area contributed by atoms with Crippen molar-refractivity contribution in [1.82, 2.24) is 0 Å². The molecular weight excluding hydrogens is 469 g/mol. The molecule has 0 saturated carbocycles. The molecule has 2 aromatic carbocycles. The monoisotopic (exact) mass is 491 g/mol. The number of nitriles is 1. The number of halogens is 2. The van der Waals surface area contributed by atoms with Crippen molar-refractivity contribution in [3.63, 3.8) is 0 Å². The first-order valence-electron chi connectivity index (χ1n) is 10.2. The minimum absolute atomic E-state index is 0.111. The number of hydrogen-bond acceptors (Lipinski definition) is 7. The van der Waals surface area contributed by atoms with Crippen LogP contribution < -0.4 is 14.2 Å². The molecule has 0 aliphatic rings. The maximum Gasteiger partial charge on any atom is 0.348 e. The highest BCUT2D eigenvalue weighted by Crippen LogP contribution is 2.30. The van der Waals surface area contributed by atoms with E-state index in [0.29, 0.717) is 40.1 Å². The number of rotatable bonds is 11. The van der Waals surface area contributed by atoms with E-state index in [1.165, 1.54) is 6.08 Å². The van der Waals surface area contributed by atoms with E-state index in [1.807, 2.05) is 6.07 Å². The fraction of sp³-hybridized carbons (Fsp3) is 0.292. The Kier molecular flexibility index (Phi) is 10.5. The molecule has 33 heavy (non-hydrogen) atoms. The normalized spacial score (nSPS) is 10.8. The molecule has 0 radical (unpaired) electrons. The van der Waals surface area contributed by atoms with Crippen LogP contribution >= 0.6 is 23.2 Å². The molecule has 0 N–H and O–H groups in total. The number of carbonyl (C=O) groups excluding carboxylic acids is 2. The zero-order valence-electron chi connectivity index (χ0n) is 18.2. The third kappa shape index (κ3) is 8.33. The van der Waals surface area contributed by atoms with Gasteiger partial charge in [-0.15, -0.1) is 0 Å². The quantitative estimate of drug-likeness (QED) is 0.132. The van der Waals surface area contributed by atoms with Gasteiger partial charge in [-0.1, -0.05) is 29.3 Å². The topological polar surface area (TPSA) is 94.9 Å². The van der Waals surface area contributed by atoms with Crippen molar-refractivity contribution < 1.29 is 28.5 Å². The summed E-state index contributed by atoms with van der Waals surface area (Å²) in [6.45, 7) is 4.20. The molecule has 0 saturated heterocycles. The SMILES string of the molecule is CCOC(=O)/C(C#N)=C/c1ccc(OC(=O)CCCOc2ccc(Cl)cc2Cl)c(OCC)c1. The lowest BCUT2D eigenvalue weighted by atomic mass is 10.1. The van der Waals surface area contributed by atoms with Gasteiger partial charge in [-0.05, 0) is 62.2 Å². The first-order valence-corrected chi connectivity index (χ1v) is 11.0. The standard InChI is InChI=1S/C24H23Cl2NO6/c1-3-30-22-13-16(12-17(15-27)24(29)31-4-2)7-9-21(22)33-23(28)6-5-11-32-20-10-8-18(25)14-19(20)26/h7-10,12-14H,3-6,11H2,1-2H3/b17-12+. The molecule has 0 bridgehead atoms.